The summed E-state index contributed by atoms with van der Waals surface area (Å²) in [7, 11) is 2.86. The van der Waals surface area contributed by atoms with Crippen LogP contribution in [0.4, 0.5) is 0 Å². The fourth-order valence-electron chi connectivity index (χ4n) is 2.26. The first kappa shape index (κ1) is 20.5. The molecule has 0 saturated carbocycles. The minimum absolute atomic E-state index is 0.0327. The van der Waals surface area contributed by atoms with E-state index in [2.05, 4.69) is 10.5 Å². The van der Waals surface area contributed by atoms with Crippen molar-refractivity contribution < 1.29 is 29.4 Å². The summed E-state index contributed by atoms with van der Waals surface area (Å²) in [5.41, 5.74) is 5.20. The highest BCUT2D eigenvalue weighted by Gasteiger charge is 2.11. The number of hydrogen-bond donors (Lipinski definition) is 4. The molecule has 0 aliphatic heterocycles. The molecule has 0 unspecified atom stereocenters. The van der Waals surface area contributed by atoms with Crippen molar-refractivity contribution in [3.63, 3.8) is 0 Å². The number of nitrogens with one attached hydrogen (secondary N) is 2. The molecule has 0 radical (unpaired) electrons. The van der Waals surface area contributed by atoms with E-state index in [9.17, 15) is 14.7 Å². The number of rotatable bonds is 7. The molecule has 2 amide bonds. The predicted octanol–water partition coefficient (Wildman–Crippen LogP) is 1.69. The number of carbonyl (C=O) groups is 2. The van der Waals surface area contributed by atoms with E-state index in [1.54, 1.807) is 24.3 Å². The highest BCUT2D eigenvalue weighted by Crippen LogP contribution is 2.31. The fourth-order valence-corrected chi connectivity index (χ4v) is 2.26. The van der Waals surface area contributed by atoms with E-state index in [-0.39, 0.29) is 5.75 Å². The lowest BCUT2D eigenvalue weighted by atomic mass is 10.1. The van der Waals surface area contributed by atoms with Crippen molar-refractivity contribution in [3.8, 4) is 17.2 Å². The van der Waals surface area contributed by atoms with Crippen LogP contribution in [0.2, 0.25) is 0 Å². The van der Waals surface area contributed by atoms with Gasteiger partial charge in [-0.2, -0.15) is 5.10 Å². The van der Waals surface area contributed by atoms with E-state index in [1.807, 2.05) is 0 Å². The first-order chi connectivity index (χ1) is 13.5. The largest absolute Gasteiger partial charge is 0.508 e. The predicted molar refractivity (Wildman–Crippen MR) is 102 cm³/mol. The highest BCUT2D eigenvalue weighted by molar-refractivity contribution is 5.96. The van der Waals surface area contributed by atoms with Crippen LogP contribution < -0.4 is 20.4 Å². The molecule has 0 fully saturated rings. The molecule has 0 aromatic heterocycles. The van der Waals surface area contributed by atoms with Gasteiger partial charge in [-0.3, -0.25) is 14.8 Å². The molecule has 0 atom stereocenters. The molecule has 146 valence electrons. The van der Waals surface area contributed by atoms with Crippen LogP contribution >= 0.6 is 0 Å². The maximum absolute atomic E-state index is 12.3. The average molecular weight is 385 g/mol. The van der Waals surface area contributed by atoms with Gasteiger partial charge in [-0.1, -0.05) is 12.1 Å². The zero-order valence-electron chi connectivity index (χ0n) is 15.2. The number of hydrazone groups is 1. The van der Waals surface area contributed by atoms with Gasteiger partial charge in [-0.25, -0.2) is 10.9 Å². The lowest BCUT2D eigenvalue weighted by Gasteiger charge is -2.10. The van der Waals surface area contributed by atoms with E-state index >= 15 is 0 Å². The van der Waals surface area contributed by atoms with Gasteiger partial charge in [0.1, 0.15) is 17.2 Å². The van der Waals surface area contributed by atoms with Gasteiger partial charge in [-0.15, -0.1) is 0 Å². The van der Waals surface area contributed by atoms with Crippen LogP contribution in [0.3, 0.4) is 0 Å². The van der Waals surface area contributed by atoms with Crippen molar-refractivity contribution >= 4 is 24.1 Å². The number of amides is 2. The number of aromatic hydroxyl groups is 1. The first-order valence-electron chi connectivity index (χ1n) is 7.99. The normalized spacial score (nSPS) is 10.8. The summed E-state index contributed by atoms with van der Waals surface area (Å²) < 4.78 is 10.4. The fraction of sp³-hybridized carbons (Fsp3) is 0.105. The first-order valence-corrected chi connectivity index (χ1v) is 7.99. The van der Waals surface area contributed by atoms with Gasteiger partial charge < -0.3 is 14.6 Å². The highest BCUT2D eigenvalue weighted by atomic mass is 16.5. The number of carbonyl (C=O) groups excluding carboxylic acids is 2. The lowest BCUT2D eigenvalue weighted by molar-refractivity contribution is -0.124. The molecule has 9 nitrogen and oxygen atoms in total. The van der Waals surface area contributed by atoms with E-state index in [0.29, 0.717) is 28.2 Å². The van der Waals surface area contributed by atoms with Crippen LogP contribution in [-0.4, -0.2) is 42.6 Å². The number of ether oxygens (including phenoxy) is 2. The monoisotopic (exact) mass is 385 g/mol. The van der Waals surface area contributed by atoms with Gasteiger partial charge in [0.05, 0.1) is 26.0 Å². The molecule has 2 rings (SSSR count). The molecule has 0 bridgehead atoms. The summed E-state index contributed by atoms with van der Waals surface area (Å²) in [6.07, 6.45) is 3.90. The van der Waals surface area contributed by atoms with Crippen molar-refractivity contribution in [1.29, 1.82) is 0 Å². The maximum atomic E-state index is 12.3. The van der Waals surface area contributed by atoms with Crippen molar-refractivity contribution in [2.45, 2.75) is 0 Å². The van der Waals surface area contributed by atoms with Crippen LogP contribution in [0.15, 0.2) is 47.6 Å². The number of hydrogen-bond acceptors (Lipinski definition) is 7. The maximum Gasteiger partial charge on any atom is 0.271 e. The topological polar surface area (TPSA) is 129 Å². The van der Waals surface area contributed by atoms with Crippen LogP contribution in [-0.2, 0) is 4.79 Å². The molecular weight excluding hydrogens is 366 g/mol. The Hall–Kier alpha value is -3.85. The zero-order valence-corrected chi connectivity index (χ0v) is 15.2. The molecule has 28 heavy (non-hydrogen) atoms. The molecule has 2 aromatic rings. The van der Waals surface area contributed by atoms with Gasteiger partial charge in [0.2, 0.25) is 0 Å². The Morgan fingerprint density at radius 3 is 2.39 bits per heavy atom. The number of phenols is 1. The van der Waals surface area contributed by atoms with Crippen molar-refractivity contribution in [1.82, 2.24) is 10.9 Å². The third kappa shape index (κ3) is 5.32. The molecule has 2 aromatic carbocycles. The molecule has 0 saturated heterocycles. The quantitative estimate of drug-likeness (QED) is 0.248. The molecule has 9 heteroatoms. The number of hydroxylamine groups is 1. The second-order valence-electron chi connectivity index (χ2n) is 5.40. The Labute approximate surface area is 160 Å². The summed E-state index contributed by atoms with van der Waals surface area (Å²) in [6.45, 7) is 0. The third-order valence-electron chi connectivity index (χ3n) is 3.57. The minimum Gasteiger partial charge on any atom is -0.508 e. The Morgan fingerprint density at radius 1 is 1.11 bits per heavy atom. The van der Waals surface area contributed by atoms with Crippen molar-refractivity contribution in [3.05, 3.63) is 59.2 Å². The number of nitrogens with zero attached hydrogens (tertiary/aromatic N) is 1. The van der Waals surface area contributed by atoms with Gasteiger partial charge >= 0.3 is 0 Å². The number of phenolic OH excluding ortho intramolecular Hbond substituents is 1. The molecule has 0 aliphatic carbocycles. The summed E-state index contributed by atoms with van der Waals surface area (Å²) in [5.74, 6) is -0.547. The van der Waals surface area contributed by atoms with E-state index in [0.717, 1.165) is 6.08 Å². The molecular formula is C19H19N3O6. The van der Waals surface area contributed by atoms with E-state index in [4.69, 9.17) is 14.7 Å². The zero-order chi connectivity index (χ0) is 20.5. The van der Waals surface area contributed by atoms with Crippen molar-refractivity contribution in [2.24, 2.45) is 5.10 Å². The van der Waals surface area contributed by atoms with Gasteiger partial charge in [-0.05, 0) is 23.8 Å². The van der Waals surface area contributed by atoms with Gasteiger partial charge in [0.15, 0.2) is 0 Å². The number of benzene rings is 2. The second kappa shape index (κ2) is 9.74. The van der Waals surface area contributed by atoms with Crippen molar-refractivity contribution in [2.75, 3.05) is 14.2 Å². The van der Waals surface area contributed by atoms with E-state index in [1.165, 1.54) is 44.1 Å². The SMILES string of the molecule is COc1cc(O)cc(OC)c1/C=N/NC(=O)c1cccc(/C=C/C(=O)NO)c1. The molecule has 4 N–H and O–H groups in total. The molecule has 0 aliphatic rings. The summed E-state index contributed by atoms with van der Waals surface area (Å²) in [4.78, 5) is 23.3. The van der Waals surface area contributed by atoms with Crippen LogP contribution in [0.1, 0.15) is 21.5 Å². The second-order valence-corrected chi connectivity index (χ2v) is 5.40. The smallest absolute Gasteiger partial charge is 0.271 e. The van der Waals surface area contributed by atoms with Gasteiger partial charge in [0, 0.05) is 23.8 Å². The van der Waals surface area contributed by atoms with Crippen LogP contribution in [0.5, 0.6) is 17.2 Å². The number of methoxy groups -OCH3 is 2. The molecule has 0 heterocycles. The Balaban J connectivity index is 2.15. The average Bonchev–Trinajstić information content (AvgIpc) is 2.72. The lowest BCUT2D eigenvalue weighted by Crippen LogP contribution is -2.17. The van der Waals surface area contributed by atoms with E-state index < -0.39 is 11.8 Å². The summed E-state index contributed by atoms with van der Waals surface area (Å²) in [5, 5.41) is 22.0. The Kier molecular flexibility index (Phi) is 7.12. The Morgan fingerprint density at radius 2 is 1.79 bits per heavy atom. The molecule has 0 spiro atoms. The van der Waals surface area contributed by atoms with Crippen LogP contribution in [0, 0.1) is 0 Å². The summed E-state index contributed by atoms with van der Waals surface area (Å²) >= 11 is 0. The summed E-state index contributed by atoms with van der Waals surface area (Å²) in [6, 6.07) is 9.24. The van der Waals surface area contributed by atoms with Crippen LogP contribution in [0.25, 0.3) is 6.08 Å². The Bertz CT molecular complexity index is 899. The third-order valence-corrected chi connectivity index (χ3v) is 3.57. The minimum atomic E-state index is -0.684. The standard InChI is InChI=1S/C19H19N3O6/c1-27-16-9-14(23)10-17(28-2)15(16)11-20-21-19(25)13-5-3-4-12(8-13)6-7-18(24)22-26/h3-11,23,26H,1-2H3,(H,21,25)(H,22,24)/b7-6+,20-11+. The van der Waals surface area contributed by atoms with Gasteiger partial charge in [0.25, 0.3) is 11.8 Å².